The van der Waals surface area contributed by atoms with Gasteiger partial charge >= 0.3 is 0 Å². The lowest BCUT2D eigenvalue weighted by Gasteiger charge is -2.04. The monoisotopic (exact) mass is 189 g/mol. The predicted octanol–water partition coefficient (Wildman–Crippen LogP) is 1.70. The normalized spacial score (nSPS) is 9.58. The summed E-state index contributed by atoms with van der Waals surface area (Å²) < 4.78 is 17.3. The zero-order valence-corrected chi connectivity index (χ0v) is 6.93. The second-order valence-corrected chi connectivity index (χ2v) is 2.35. The smallest absolute Gasteiger partial charge is 0.235 e. The lowest BCUT2D eigenvalue weighted by molar-refractivity contribution is 0.112. The van der Waals surface area contributed by atoms with Crippen molar-refractivity contribution in [1.29, 1.82) is 0 Å². The number of aldehydes is 1. The molecule has 3 nitrogen and oxygen atoms in total. The Morgan fingerprint density at radius 2 is 2.42 bits per heavy atom. The molecule has 0 atom stereocenters. The molecule has 0 N–H and O–H groups in total. The molecule has 0 bridgehead atoms. The molecule has 0 aliphatic heterocycles. The van der Waals surface area contributed by atoms with Crippen LogP contribution in [0.3, 0.4) is 0 Å². The van der Waals surface area contributed by atoms with E-state index in [-0.39, 0.29) is 16.3 Å². The third kappa shape index (κ3) is 1.38. The van der Waals surface area contributed by atoms with Crippen LogP contribution in [-0.4, -0.2) is 18.4 Å². The molecular formula is C7H5ClFNO2. The summed E-state index contributed by atoms with van der Waals surface area (Å²) in [5.74, 6) is -0.835. The molecule has 0 spiro atoms. The Morgan fingerprint density at radius 3 is 2.92 bits per heavy atom. The Bertz CT molecular complexity index is 317. The summed E-state index contributed by atoms with van der Waals surface area (Å²) in [5.41, 5.74) is 0.129. The maximum absolute atomic E-state index is 12.6. The van der Waals surface area contributed by atoms with Gasteiger partial charge in [0.15, 0.2) is 12.0 Å². The van der Waals surface area contributed by atoms with Crippen LogP contribution in [0.25, 0.3) is 0 Å². The zero-order chi connectivity index (χ0) is 9.14. The van der Waals surface area contributed by atoms with Crippen LogP contribution in [0.5, 0.6) is 5.75 Å². The van der Waals surface area contributed by atoms with E-state index in [1.165, 1.54) is 7.11 Å². The Kier molecular flexibility index (Phi) is 2.60. The lowest BCUT2D eigenvalue weighted by atomic mass is 10.3. The maximum atomic E-state index is 12.6. The molecule has 0 amide bonds. The molecule has 0 saturated carbocycles. The molecule has 12 heavy (non-hydrogen) atoms. The van der Waals surface area contributed by atoms with Crippen LogP contribution in [0.1, 0.15) is 10.4 Å². The van der Waals surface area contributed by atoms with Crippen molar-refractivity contribution in [2.45, 2.75) is 0 Å². The van der Waals surface area contributed by atoms with Crippen LogP contribution in [0, 0.1) is 5.95 Å². The molecular weight excluding hydrogens is 185 g/mol. The third-order valence-electron chi connectivity index (χ3n) is 1.29. The van der Waals surface area contributed by atoms with E-state index >= 15 is 0 Å². The molecule has 0 aromatic carbocycles. The molecule has 0 unspecified atom stereocenters. The van der Waals surface area contributed by atoms with Gasteiger partial charge in [0, 0.05) is 6.20 Å². The van der Waals surface area contributed by atoms with Gasteiger partial charge in [-0.3, -0.25) is 4.79 Å². The average molecular weight is 190 g/mol. The third-order valence-corrected chi connectivity index (χ3v) is 1.62. The Hall–Kier alpha value is -1.16. The minimum atomic E-state index is -0.848. The van der Waals surface area contributed by atoms with Crippen molar-refractivity contribution in [2.75, 3.05) is 7.11 Å². The van der Waals surface area contributed by atoms with E-state index < -0.39 is 5.95 Å². The van der Waals surface area contributed by atoms with Crippen LogP contribution in [0.2, 0.25) is 5.02 Å². The van der Waals surface area contributed by atoms with Gasteiger partial charge in [-0.25, -0.2) is 4.98 Å². The molecule has 1 rings (SSSR count). The fraction of sp³-hybridized carbons (Fsp3) is 0.143. The van der Waals surface area contributed by atoms with Crippen molar-refractivity contribution < 1.29 is 13.9 Å². The van der Waals surface area contributed by atoms with Gasteiger partial charge < -0.3 is 4.74 Å². The van der Waals surface area contributed by atoms with Crippen LogP contribution in [0.4, 0.5) is 4.39 Å². The number of rotatable bonds is 2. The number of halogens is 2. The van der Waals surface area contributed by atoms with Crippen molar-refractivity contribution in [2.24, 2.45) is 0 Å². The number of pyridine rings is 1. The van der Waals surface area contributed by atoms with Crippen LogP contribution in [-0.2, 0) is 0 Å². The van der Waals surface area contributed by atoms with Crippen molar-refractivity contribution in [1.82, 2.24) is 4.98 Å². The van der Waals surface area contributed by atoms with Gasteiger partial charge in [-0.05, 0) is 0 Å². The largest absolute Gasteiger partial charge is 0.494 e. The molecule has 0 saturated heterocycles. The molecule has 5 heteroatoms. The highest BCUT2D eigenvalue weighted by Gasteiger charge is 2.12. The number of hydrogen-bond donors (Lipinski definition) is 0. The summed E-state index contributed by atoms with van der Waals surface area (Å²) in [6.45, 7) is 0. The van der Waals surface area contributed by atoms with Gasteiger partial charge in [0.05, 0.1) is 12.7 Å². The van der Waals surface area contributed by atoms with Crippen molar-refractivity contribution >= 4 is 17.9 Å². The summed E-state index contributed by atoms with van der Waals surface area (Å²) in [4.78, 5) is 13.6. The molecule has 0 aliphatic carbocycles. The Balaban J connectivity index is 3.35. The Morgan fingerprint density at radius 1 is 1.75 bits per heavy atom. The highest BCUT2D eigenvalue weighted by Crippen LogP contribution is 2.28. The summed E-state index contributed by atoms with van der Waals surface area (Å²) in [7, 11) is 1.30. The number of hydrogen-bond acceptors (Lipinski definition) is 3. The SMILES string of the molecule is COc1c(C=O)cnc(F)c1Cl. The number of carbonyl (C=O) groups is 1. The molecule has 1 heterocycles. The second kappa shape index (κ2) is 3.49. The van der Waals surface area contributed by atoms with Crippen LogP contribution in [0.15, 0.2) is 6.20 Å². The quantitative estimate of drug-likeness (QED) is 0.525. The van der Waals surface area contributed by atoms with Crippen LogP contribution < -0.4 is 4.74 Å². The maximum Gasteiger partial charge on any atom is 0.235 e. The van der Waals surface area contributed by atoms with Gasteiger partial charge in [0.2, 0.25) is 5.95 Å². The second-order valence-electron chi connectivity index (χ2n) is 1.97. The van der Waals surface area contributed by atoms with Gasteiger partial charge in [-0.1, -0.05) is 11.6 Å². The standard InChI is InChI=1S/C7H5ClFNO2/c1-12-6-4(3-11)2-10-7(9)5(6)8/h2-3H,1H3. The highest BCUT2D eigenvalue weighted by atomic mass is 35.5. The first-order valence-electron chi connectivity index (χ1n) is 3.04. The summed E-state index contributed by atoms with van der Waals surface area (Å²) in [6, 6.07) is 0. The molecule has 0 aliphatic rings. The molecule has 1 aromatic rings. The van der Waals surface area contributed by atoms with Gasteiger partial charge in [-0.15, -0.1) is 0 Å². The predicted molar refractivity (Wildman–Crippen MR) is 41.1 cm³/mol. The first-order valence-corrected chi connectivity index (χ1v) is 3.41. The minimum Gasteiger partial charge on any atom is -0.494 e. The first kappa shape index (κ1) is 8.93. The minimum absolute atomic E-state index is 0.0131. The van der Waals surface area contributed by atoms with E-state index in [1.54, 1.807) is 0 Å². The molecule has 0 radical (unpaired) electrons. The lowest BCUT2D eigenvalue weighted by Crippen LogP contribution is -1.96. The highest BCUT2D eigenvalue weighted by molar-refractivity contribution is 6.32. The van der Waals surface area contributed by atoms with E-state index in [4.69, 9.17) is 16.3 Å². The number of nitrogens with zero attached hydrogens (tertiary/aromatic N) is 1. The topological polar surface area (TPSA) is 39.2 Å². The number of ether oxygens (including phenoxy) is 1. The van der Waals surface area contributed by atoms with Crippen molar-refractivity contribution in [3.8, 4) is 5.75 Å². The molecule has 64 valence electrons. The van der Waals surface area contributed by atoms with Crippen LogP contribution >= 0.6 is 11.6 Å². The summed E-state index contributed by atoms with van der Waals surface area (Å²) in [6.07, 6.45) is 1.56. The van der Waals surface area contributed by atoms with E-state index in [0.717, 1.165) is 6.20 Å². The molecule has 0 fully saturated rings. The zero-order valence-electron chi connectivity index (χ0n) is 6.17. The van der Waals surface area contributed by atoms with E-state index in [2.05, 4.69) is 4.98 Å². The van der Waals surface area contributed by atoms with Crippen molar-refractivity contribution in [3.05, 3.63) is 22.7 Å². The first-order chi connectivity index (χ1) is 5.70. The van der Waals surface area contributed by atoms with Gasteiger partial charge in [-0.2, -0.15) is 4.39 Å². The number of aromatic nitrogens is 1. The van der Waals surface area contributed by atoms with Gasteiger partial charge in [0.25, 0.3) is 0 Å². The average Bonchev–Trinajstić information content (AvgIpc) is 2.09. The number of carbonyl (C=O) groups excluding carboxylic acids is 1. The van der Waals surface area contributed by atoms with E-state index in [9.17, 15) is 9.18 Å². The van der Waals surface area contributed by atoms with Crippen molar-refractivity contribution in [3.63, 3.8) is 0 Å². The van der Waals surface area contributed by atoms with E-state index in [1.807, 2.05) is 0 Å². The Labute approximate surface area is 73.1 Å². The summed E-state index contributed by atoms with van der Waals surface area (Å²) >= 11 is 5.46. The molecule has 1 aromatic heterocycles. The number of methoxy groups -OCH3 is 1. The van der Waals surface area contributed by atoms with Gasteiger partial charge in [0.1, 0.15) is 5.02 Å². The fourth-order valence-electron chi connectivity index (χ4n) is 0.753. The van der Waals surface area contributed by atoms with E-state index in [0.29, 0.717) is 6.29 Å². The summed E-state index contributed by atoms with van der Waals surface area (Å²) in [5, 5.41) is -0.276. The fourth-order valence-corrected chi connectivity index (χ4v) is 0.988.